The van der Waals surface area contributed by atoms with E-state index >= 15 is 0 Å². The minimum Gasteiger partial charge on any atom is -0.480 e. The summed E-state index contributed by atoms with van der Waals surface area (Å²) < 4.78 is 1.80. The van der Waals surface area contributed by atoms with Crippen LogP contribution in [0, 0.1) is 0 Å². The lowest BCUT2D eigenvalue weighted by atomic mass is 10.1. The predicted molar refractivity (Wildman–Crippen MR) is 68.7 cm³/mol. The third-order valence-electron chi connectivity index (χ3n) is 2.70. The molecule has 0 radical (unpaired) electrons. The second kappa shape index (κ2) is 6.91. The molecule has 0 spiro atoms. The maximum absolute atomic E-state index is 11.3. The number of hydrogen-bond acceptors (Lipinski definition) is 2. The average Bonchev–Trinajstić information content (AvgIpc) is 2.73. The van der Waals surface area contributed by atoms with Gasteiger partial charge in [0.05, 0.1) is 0 Å². The van der Waals surface area contributed by atoms with Crippen molar-refractivity contribution in [2.45, 2.75) is 32.2 Å². The van der Waals surface area contributed by atoms with E-state index in [1.807, 2.05) is 37.4 Å². The predicted octanol–water partition coefficient (Wildman–Crippen LogP) is 2.28. The van der Waals surface area contributed by atoms with Gasteiger partial charge in [-0.1, -0.05) is 6.08 Å². The molecule has 0 aromatic carbocycles. The quantitative estimate of drug-likeness (QED) is 0.714. The second-order valence-electron chi connectivity index (χ2n) is 3.98. The molecule has 0 saturated heterocycles. The summed E-state index contributed by atoms with van der Waals surface area (Å²) in [5.74, 6) is -0.788. The summed E-state index contributed by atoms with van der Waals surface area (Å²) in [6.45, 7) is 2.53. The number of hydrogen-bond donors (Lipinski definition) is 2. The lowest BCUT2D eigenvalue weighted by Gasteiger charge is -2.16. The van der Waals surface area contributed by atoms with Gasteiger partial charge >= 0.3 is 5.97 Å². The number of nitrogens with two attached hydrogens (primary N) is 1. The Labute approximate surface area is 102 Å². The van der Waals surface area contributed by atoms with Crippen LogP contribution in [-0.2, 0) is 4.79 Å². The van der Waals surface area contributed by atoms with E-state index in [2.05, 4.69) is 0 Å². The van der Waals surface area contributed by atoms with Crippen molar-refractivity contribution in [3.05, 3.63) is 30.1 Å². The Balaban J connectivity index is 2.82. The number of unbranched alkanes of at least 4 members (excludes halogenated alkanes) is 1. The monoisotopic (exact) mass is 236 g/mol. The zero-order chi connectivity index (χ0) is 12.7. The Morgan fingerprint density at radius 1 is 1.59 bits per heavy atom. The molecule has 0 aliphatic heterocycles. The maximum Gasteiger partial charge on any atom is 0.326 e. The van der Waals surface area contributed by atoms with Crippen molar-refractivity contribution in [3.63, 3.8) is 0 Å². The Bertz CT molecular complexity index is 383. The molecule has 0 saturated carbocycles. The van der Waals surface area contributed by atoms with E-state index in [1.165, 1.54) is 0 Å². The largest absolute Gasteiger partial charge is 0.480 e. The Morgan fingerprint density at radius 3 is 2.94 bits per heavy atom. The Hall–Kier alpha value is -1.55. The van der Waals surface area contributed by atoms with Crippen LogP contribution >= 0.6 is 0 Å². The molecular weight excluding hydrogens is 216 g/mol. The third-order valence-corrected chi connectivity index (χ3v) is 2.70. The first-order valence-electron chi connectivity index (χ1n) is 5.93. The normalized spacial score (nSPS) is 13.1. The van der Waals surface area contributed by atoms with Crippen molar-refractivity contribution in [2.24, 2.45) is 5.73 Å². The zero-order valence-corrected chi connectivity index (χ0v) is 10.2. The van der Waals surface area contributed by atoms with Crippen LogP contribution in [0.3, 0.4) is 0 Å². The van der Waals surface area contributed by atoms with Crippen LogP contribution < -0.4 is 5.73 Å². The molecule has 17 heavy (non-hydrogen) atoms. The van der Waals surface area contributed by atoms with E-state index in [4.69, 9.17) is 5.73 Å². The average molecular weight is 236 g/mol. The van der Waals surface area contributed by atoms with E-state index < -0.39 is 12.0 Å². The highest BCUT2D eigenvalue weighted by Crippen LogP contribution is 2.19. The van der Waals surface area contributed by atoms with Crippen LogP contribution in [0.4, 0.5) is 0 Å². The number of nitrogens with zero attached hydrogens (tertiary/aromatic N) is 1. The molecule has 1 aromatic rings. The molecule has 0 bridgehead atoms. The lowest BCUT2D eigenvalue weighted by Crippen LogP contribution is -2.19. The standard InChI is InChI=1S/C13H20N2O2/c1-2-6-11-7-5-10-15(11)12(13(16)17)8-3-4-9-14/h2,5-7,10,12H,3-4,8-9,14H2,1H3,(H,16,17)/b6-2-. The maximum atomic E-state index is 11.3. The van der Waals surface area contributed by atoms with E-state index in [-0.39, 0.29) is 0 Å². The molecule has 0 amide bonds. The van der Waals surface area contributed by atoms with Gasteiger partial charge in [0.15, 0.2) is 0 Å². The van der Waals surface area contributed by atoms with Gasteiger partial charge in [-0.15, -0.1) is 0 Å². The Morgan fingerprint density at radius 2 is 2.35 bits per heavy atom. The van der Waals surface area contributed by atoms with Crippen LogP contribution in [0.5, 0.6) is 0 Å². The number of allylic oxidation sites excluding steroid dienone is 1. The van der Waals surface area contributed by atoms with Gasteiger partial charge in [-0.3, -0.25) is 0 Å². The molecule has 4 heteroatoms. The van der Waals surface area contributed by atoms with Gasteiger partial charge in [0.1, 0.15) is 6.04 Å². The fraction of sp³-hybridized carbons (Fsp3) is 0.462. The van der Waals surface area contributed by atoms with Gasteiger partial charge < -0.3 is 15.4 Å². The van der Waals surface area contributed by atoms with Crippen molar-refractivity contribution >= 4 is 12.0 Å². The highest BCUT2D eigenvalue weighted by molar-refractivity contribution is 5.72. The van der Waals surface area contributed by atoms with E-state index in [0.717, 1.165) is 18.5 Å². The first-order valence-corrected chi connectivity index (χ1v) is 5.93. The summed E-state index contributed by atoms with van der Waals surface area (Å²) in [6, 6.07) is 3.29. The second-order valence-corrected chi connectivity index (χ2v) is 3.98. The summed E-state index contributed by atoms with van der Waals surface area (Å²) >= 11 is 0. The fourth-order valence-corrected chi connectivity index (χ4v) is 1.87. The summed E-state index contributed by atoms with van der Waals surface area (Å²) in [7, 11) is 0. The number of aliphatic carboxylic acids is 1. The van der Waals surface area contributed by atoms with Crippen LogP contribution in [0.1, 0.15) is 37.9 Å². The zero-order valence-electron chi connectivity index (χ0n) is 10.2. The highest BCUT2D eigenvalue weighted by Gasteiger charge is 2.19. The number of carbonyl (C=O) groups is 1. The van der Waals surface area contributed by atoms with Crippen LogP contribution in [0.25, 0.3) is 6.08 Å². The van der Waals surface area contributed by atoms with Gasteiger partial charge in [0.25, 0.3) is 0 Å². The summed E-state index contributed by atoms with van der Waals surface area (Å²) in [5.41, 5.74) is 6.35. The van der Waals surface area contributed by atoms with Crippen LogP contribution in [-0.4, -0.2) is 22.2 Å². The van der Waals surface area contributed by atoms with Gasteiger partial charge in [0.2, 0.25) is 0 Å². The number of carboxylic acid groups (broad SMARTS) is 1. The third kappa shape index (κ3) is 3.75. The molecule has 0 aliphatic carbocycles. The van der Waals surface area contributed by atoms with E-state index in [0.29, 0.717) is 13.0 Å². The van der Waals surface area contributed by atoms with Crippen molar-refractivity contribution in [3.8, 4) is 0 Å². The van der Waals surface area contributed by atoms with Crippen molar-refractivity contribution in [1.82, 2.24) is 4.57 Å². The van der Waals surface area contributed by atoms with Gasteiger partial charge in [-0.05, 0) is 50.9 Å². The smallest absolute Gasteiger partial charge is 0.326 e. The van der Waals surface area contributed by atoms with Crippen molar-refractivity contribution in [2.75, 3.05) is 6.54 Å². The summed E-state index contributed by atoms with van der Waals surface area (Å²) in [5, 5.41) is 9.26. The van der Waals surface area contributed by atoms with Crippen LogP contribution in [0.15, 0.2) is 24.4 Å². The molecular formula is C13H20N2O2. The van der Waals surface area contributed by atoms with Gasteiger partial charge in [-0.2, -0.15) is 0 Å². The van der Waals surface area contributed by atoms with Crippen molar-refractivity contribution < 1.29 is 9.90 Å². The first kappa shape index (κ1) is 13.5. The Kier molecular flexibility index (Phi) is 5.49. The molecule has 1 aromatic heterocycles. The number of rotatable bonds is 7. The molecule has 0 fully saturated rings. The molecule has 1 atom stereocenters. The van der Waals surface area contributed by atoms with E-state index in [1.54, 1.807) is 4.57 Å². The molecule has 3 N–H and O–H groups in total. The van der Waals surface area contributed by atoms with Gasteiger partial charge in [0, 0.05) is 11.9 Å². The van der Waals surface area contributed by atoms with Gasteiger partial charge in [-0.25, -0.2) is 4.79 Å². The number of carboxylic acids is 1. The van der Waals surface area contributed by atoms with Crippen molar-refractivity contribution in [1.29, 1.82) is 0 Å². The fourth-order valence-electron chi connectivity index (χ4n) is 1.87. The lowest BCUT2D eigenvalue weighted by molar-refractivity contribution is -0.141. The summed E-state index contributed by atoms with van der Waals surface area (Å²) in [4.78, 5) is 11.3. The molecule has 4 nitrogen and oxygen atoms in total. The highest BCUT2D eigenvalue weighted by atomic mass is 16.4. The molecule has 1 heterocycles. The molecule has 1 rings (SSSR count). The van der Waals surface area contributed by atoms with E-state index in [9.17, 15) is 9.90 Å². The molecule has 0 aliphatic rings. The topological polar surface area (TPSA) is 68.2 Å². The molecule has 1 unspecified atom stereocenters. The minimum atomic E-state index is -0.788. The van der Waals surface area contributed by atoms with Crippen LogP contribution in [0.2, 0.25) is 0 Å². The minimum absolute atomic E-state index is 0.497. The summed E-state index contributed by atoms with van der Waals surface area (Å²) in [6.07, 6.45) is 7.96. The number of aromatic nitrogens is 1. The molecule has 94 valence electrons. The SMILES string of the molecule is C/C=C\c1cccn1C(CCCCN)C(=O)O. The first-order chi connectivity index (χ1) is 8.20.